The van der Waals surface area contributed by atoms with Crippen LogP contribution in [0.5, 0.6) is 0 Å². The third-order valence-corrected chi connectivity index (χ3v) is 6.11. The van der Waals surface area contributed by atoms with Gasteiger partial charge in [-0.1, -0.05) is 36.4 Å². The van der Waals surface area contributed by atoms with Crippen LogP contribution in [0.25, 0.3) is 0 Å². The van der Waals surface area contributed by atoms with Crippen molar-refractivity contribution in [2.75, 3.05) is 19.6 Å². The zero-order valence-corrected chi connectivity index (χ0v) is 17.1. The fourth-order valence-electron chi connectivity index (χ4n) is 4.24. The fraction of sp³-hybridized carbons (Fsp3) is 0.417. The molecule has 4 rings (SSSR count). The summed E-state index contributed by atoms with van der Waals surface area (Å²) in [5, 5.41) is 6.60. The molecule has 0 N–H and O–H groups in total. The lowest BCUT2D eigenvalue weighted by Crippen LogP contribution is -2.37. The van der Waals surface area contributed by atoms with Crippen LogP contribution in [-0.4, -0.2) is 41.2 Å². The smallest absolute Gasteiger partial charge is 0.257 e. The average Bonchev–Trinajstić information content (AvgIpc) is 3.34. The van der Waals surface area contributed by atoms with Gasteiger partial charge in [0.2, 0.25) is 0 Å². The number of hydrogen-bond donors (Lipinski definition) is 0. The zero-order valence-electron chi connectivity index (χ0n) is 17.1. The molecule has 2 aromatic rings. The summed E-state index contributed by atoms with van der Waals surface area (Å²) in [6, 6.07) is 14.8. The third kappa shape index (κ3) is 3.74. The molecule has 4 heteroatoms. The molecule has 2 aliphatic rings. The van der Waals surface area contributed by atoms with Crippen molar-refractivity contribution in [2.24, 2.45) is 5.10 Å². The van der Waals surface area contributed by atoms with E-state index in [0.29, 0.717) is 6.54 Å². The Morgan fingerprint density at radius 2 is 1.75 bits per heavy atom. The predicted molar refractivity (Wildman–Crippen MR) is 114 cm³/mol. The van der Waals surface area contributed by atoms with Gasteiger partial charge in [-0.2, -0.15) is 5.10 Å². The van der Waals surface area contributed by atoms with Crippen LogP contribution < -0.4 is 0 Å². The van der Waals surface area contributed by atoms with Crippen molar-refractivity contribution in [3.05, 3.63) is 70.3 Å². The molecule has 1 atom stereocenters. The first-order valence-electron chi connectivity index (χ1n) is 10.3. The SMILES string of the molecule is Cc1ccc(C2=NN(C(=O)CN3CCCC3)[C@H](c3ccccc3C)C2)cc1C. The Balaban J connectivity index is 1.66. The maximum absolute atomic E-state index is 13.2. The topological polar surface area (TPSA) is 35.9 Å². The molecule has 0 aliphatic carbocycles. The molecule has 0 bridgehead atoms. The number of amides is 1. The molecule has 1 amide bonds. The number of likely N-dealkylation sites (tertiary alicyclic amines) is 1. The van der Waals surface area contributed by atoms with Gasteiger partial charge < -0.3 is 0 Å². The molecule has 2 aromatic carbocycles. The highest BCUT2D eigenvalue weighted by Crippen LogP contribution is 2.34. The highest BCUT2D eigenvalue weighted by Gasteiger charge is 2.34. The summed E-state index contributed by atoms with van der Waals surface area (Å²) in [4.78, 5) is 15.4. The van der Waals surface area contributed by atoms with E-state index in [1.807, 2.05) is 0 Å². The van der Waals surface area contributed by atoms with Crippen molar-refractivity contribution >= 4 is 11.6 Å². The summed E-state index contributed by atoms with van der Waals surface area (Å²) < 4.78 is 0. The van der Waals surface area contributed by atoms with Crippen LogP contribution in [-0.2, 0) is 4.79 Å². The standard InChI is InChI=1S/C24H29N3O/c1-17-10-11-20(14-19(17)3)22-15-23(21-9-5-4-8-18(21)2)27(25-22)24(28)16-26-12-6-7-13-26/h4-5,8-11,14,23H,6-7,12-13,15-16H2,1-3H3/t23-/m0/s1. The summed E-state index contributed by atoms with van der Waals surface area (Å²) in [5.41, 5.74) is 7.07. The van der Waals surface area contributed by atoms with Crippen molar-refractivity contribution in [3.8, 4) is 0 Å². The quantitative estimate of drug-likeness (QED) is 0.795. The molecule has 0 aromatic heterocycles. The minimum absolute atomic E-state index is 0.0205. The highest BCUT2D eigenvalue weighted by atomic mass is 16.2. The summed E-state index contributed by atoms with van der Waals surface area (Å²) in [6.07, 6.45) is 3.14. The first-order valence-corrected chi connectivity index (χ1v) is 10.3. The number of carbonyl (C=O) groups excluding carboxylic acids is 1. The number of benzene rings is 2. The van der Waals surface area contributed by atoms with Crippen LogP contribution in [0.3, 0.4) is 0 Å². The summed E-state index contributed by atoms with van der Waals surface area (Å²) in [7, 11) is 0. The Kier molecular flexibility index (Phi) is 5.31. The van der Waals surface area contributed by atoms with Crippen molar-refractivity contribution in [1.29, 1.82) is 0 Å². The Bertz CT molecular complexity index is 912. The second-order valence-corrected chi connectivity index (χ2v) is 8.14. The highest BCUT2D eigenvalue weighted by molar-refractivity contribution is 6.03. The maximum atomic E-state index is 13.2. The van der Waals surface area contributed by atoms with Gasteiger partial charge in [0, 0.05) is 6.42 Å². The van der Waals surface area contributed by atoms with E-state index >= 15 is 0 Å². The van der Waals surface area contributed by atoms with Gasteiger partial charge in [0.05, 0.1) is 18.3 Å². The van der Waals surface area contributed by atoms with Crippen LogP contribution in [0.4, 0.5) is 0 Å². The monoisotopic (exact) mass is 375 g/mol. The molecule has 1 saturated heterocycles. The summed E-state index contributed by atoms with van der Waals surface area (Å²) >= 11 is 0. The van der Waals surface area contributed by atoms with Gasteiger partial charge in [0.25, 0.3) is 5.91 Å². The summed E-state index contributed by atoms with van der Waals surface area (Å²) in [5.74, 6) is 0.106. The van der Waals surface area contributed by atoms with E-state index in [0.717, 1.165) is 30.8 Å². The molecular formula is C24H29N3O. The number of carbonyl (C=O) groups is 1. The molecule has 2 heterocycles. The molecule has 1 fully saturated rings. The predicted octanol–water partition coefficient (Wildman–Crippen LogP) is 4.39. The molecule has 4 nitrogen and oxygen atoms in total. The minimum atomic E-state index is -0.0205. The Morgan fingerprint density at radius 3 is 2.46 bits per heavy atom. The second-order valence-electron chi connectivity index (χ2n) is 8.14. The molecule has 0 saturated carbocycles. The van der Waals surface area contributed by atoms with Crippen LogP contribution in [0.2, 0.25) is 0 Å². The zero-order chi connectivity index (χ0) is 19.7. The Labute approximate surface area is 167 Å². The number of hydrazone groups is 1. The third-order valence-electron chi connectivity index (χ3n) is 6.11. The van der Waals surface area contributed by atoms with Crippen LogP contribution in [0, 0.1) is 20.8 Å². The maximum Gasteiger partial charge on any atom is 0.257 e. The first kappa shape index (κ1) is 18.9. The largest absolute Gasteiger partial charge is 0.294 e. The van der Waals surface area contributed by atoms with Crippen molar-refractivity contribution in [2.45, 2.75) is 46.1 Å². The van der Waals surface area contributed by atoms with Gasteiger partial charge >= 0.3 is 0 Å². The van der Waals surface area contributed by atoms with E-state index in [2.05, 4.69) is 68.1 Å². The van der Waals surface area contributed by atoms with Crippen molar-refractivity contribution < 1.29 is 4.79 Å². The van der Waals surface area contributed by atoms with E-state index in [1.165, 1.54) is 35.1 Å². The van der Waals surface area contributed by atoms with Crippen LogP contribution in [0.15, 0.2) is 47.6 Å². The Hall–Kier alpha value is -2.46. The molecule has 0 unspecified atom stereocenters. The lowest BCUT2D eigenvalue weighted by atomic mass is 9.94. The fourth-order valence-corrected chi connectivity index (χ4v) is 4.24. The Morgan fingerprint density at radius 1 is 1.00 bits per heavy atom. The van der Waals surface area contributed by atoms with Gasteiger partial charge in [-0.05, 0) is 80.6 Å². The number of rotatable bonds is 4. The van der Waals surface area contributed by atoms with E-state index in [1.54, 1.807) is 5.01 Å². The molecule has 2 aliphatic heterocycles. The normalized spacial score (nSPS) is 19.9. The lowest BCUT2D eigenvalue weighted by Gasteiger charge is -2.25. The van der Waals surface area contributed by atoms with E-state index in [9.17, 15) is 4.79 Å². The second kappa shape index (κ2) is 7.88. The van der Waals surface area contributed by atoms with Gasteiger partial charge in [-0.15, -0.1) is 0 Å². The molecule has 28 heavy (non-hydrogen) atoms. The number of aryl methyl sites for hydroxylation is 3. The van der Waals surface area contributed by atoms with Gasteiger partial charge in [-0.25, -0.2) is 5.01 Å². The van der Waals surface area contributed by atoms with E-state index in [-0.39, 0.29) is 11.9 Å². The molecule has 0 radical (unpaired) electrons. The number of hydrogen-bond acceptors (Lipinski definition) is 3. The average molecular weight is 376 g/mol. The lowest BCUT2D eigenvalue weighted by molar-refractivity contribution is -0.134. The minimum Gasteiger partial charge on any atom is -0.294 e. The molecular weight excluding hydrogens is 346 g/mol. The molecule has 146 valence electrons. The van der Waals surface area contributed by atoms with Crippen molar-refractivity contribution in [3.63, 3.8) is 0 Å². The number of nitrogens with zero attached hydrogens (tertiary/aromatic N) is 3. The van der Waals surface area contributed by atoms with Crippen LogP contribution in [0.1, 0.15) is 53.1 Å². The van der Waals surface area contributed by atoms with Gasteiger partial charge in [0.15, 0.2) is 0 Å². The first-order chi connectivity index (χ1) is 13.5. The van der Waals surface area contributed by atoms with E-state index in [4.69, 9.17) is 5.10 Å². The van der Waals surface area contributed by atoms with E-state index < -0.39 is 0 Å². The van der Waals surface area contributed by atoms with Gasteiger partial charge in [-0.3, -0.25) is 9.69 Å². The van der Waals surface area contributed by atoms with Gasteiger partial charge in [0.1, 0.15) is 0 Å². The molecule has 0 spiro atoms. The van der Waals surface area contributed by atoms with Crippen molar-refractivity contribution in [1.82, 2.24) is 9.91 Å². The van der Waals surface area contributed by atoms with Crippen LogP contribution >= 0.6 is 0 Å². The summed E-state index contributed by atoms with van der Waals surface area (Å²) in [6.45, 7) is 8.87.